The Morgan fingerprint density at radius 1 is 1.05 bits per heavy atom. The minimum Gasteiger partial charge on any atom is -0.469 e. The number of ether oxygens (including phenoxy) is 2. The zero-order chi connectivity index (χ0) is 17.5. The molecule has 0 saturated carbocycles. The van der Waals surface area contributed by atoms with Gasteiger partial charge in [-0.05, 0) is 0 Å². The normalized spacial score (nSPS) is 12.0. The Bertz CT molecular complexity index is 430. The molecule has 0 rings (SSSR count). The van der Waals surface area contributed by atoms with Crippen molar-refractivity contribution in [3.05, 3.63) is 0 Å². The molecule has 0 fully saturated rings. The van der Waals surface area contributed by atoms with Crippen molar-refractivity contribution in [1.29, 1.82) is 0 Å². The first-order valence-corrected chi connectivity index (χ1v) is 8.94. The predicted octanol–water partition coefficient (Wildman–Crippen LogP) is 0.0193. The lowest BCUT2D eigenvalue weighted by Gasteiger charge is -2.30. The second-order valence-electron chi connectivity index (χ2n) is 3.42. The van der Waals surface area contributed by atoms with Crippen LogP contribution in [0.15, 0.2) is 0 Å². The number of esters is 2. The summed E-state index contributed by atoms with van der Waals surface area (Å²) in [4.78, 5) is 54.9. The lowest BCUT2D eigenvalue weighted by Crippen LogP contribution is -2.41. The number of carbonyl (C=O) groups is 2. The lowest BCUT2D eigenvalue weighted by atomic mass is 10.3. The minimum atomic E-state index is -5.71. The molecule has 0 atom stereocenters. The SMILES string of the molecule is CCCl.COC(=O)CC(C(=O)OC)(P(=O)(O)O)P(=O)(O)O. The predicted molar refractivity (Wildman–Crippen MR) is 71.9 cm³/mol. The molecule has 13 heteroatoms. The number of rotatable bonds is 5. The fraction of sp³-hybridized carbons (Fsp3) is 0.750. The highest BCUT2D eigenvalue weighted by Crippen LogP contribution is 2.71. The van der Waals surface area contributed by atoms with Crippen LogP contribution in [-0.4, -0.2) is 56.5 Å². The molecule has 0 aromatic heterocycles. The smallest absolute Gasteiger partial charge is 0.355 e. The molecule has 0 aliphatic heterocycles. The highest BCUT2D eigenvalue weighted by atomic mass is 35.5. The number of methoxy groups -OCH3 is 2. The molecule has 21 heavy (non-hydrogen) atoms. The van der Waals surface area contributed by atoms with E-state index in [0.717, 1.165) is 13.0 Å². The molecule has 4 N–H and O–H groups in total. The number of halogens is 1. The molecule has 126 valence electrons. The Hall–Kier alpha value is -0.470. The van der Waals surface area contributed by atoms with Gasteiger partial charge < -0.3 is 29.0 Å². The molecule has 0 aliphatic carbocycles. The third kappa shape index (κ3) is 5.67. The Morgan fingerprint density at radius 2 is 1.38 bits per heavy atom. The van der Waals surface area contributed by atoms with Gasteiger partial charge in [0.1, 0.15) is 0 Å². The largest absolute Gasteiger partial charge is 0.469 e. The van der Waals surface area contributed by atoms with Crippen LogP contribution in [-0.2, 0) is 28.2 Å². The van der Waals surface area contributed by atoms with E-state index in [1.54, 1.807) is 0 Å². The maximum absolute atomic E-state index is 11.4. The summed E-state index contributed by atoms with van der Waals surface area (Å²) < 4.78 is 30.5. The van der Waals surface area contributed by atoms with Crippen molar-refractivity contribution in [2.75, 3.05) is 20.1 Å². The number of hydrogen-bond acceptors (Lipinski definition) is 6. The second kappa shape index (κ2) is 8.85. The van der Waals surface area contributed by atoms with Gasteiger partial charge in [-0.1, -0.05) is 6.92 Å². The topological polar surface area (TPSA) is 168 Å². The molecule has 0 aliphatic rings. The second-order valence-corrected chi connectivity index (χ2v) is 8.01. The van der Waals surface area contributed by atoms with E-state index < -0.39 is 38.4 Å². The fourth-order valence-corrected chi connectivity index (χ4v) is 3.81. The Labute approximate surface area is 125 Å². The molecule has 10 nitrogen and oxygen atoms in total. The van der Waals surface area contributed by atoms with Crippen LogP contribution in [0.1, 0.15) is 13.3 Å². The highest BCUT2D eigenvalue weighted by Gasteiger charge is 2.68. The van der Waals surface area contributed by atoms with Crippen molar-refractivity contribution in [2.24, 2.45) is 0 Å². The Balaban J connectivity index is 0. The van der Waals surface area contributed by atoms with Crippen LogP contribution in [0.5, 0.6) is 0 Å². The zero-order valence-electron chi connectivity index (χ0n) is 11.4. The molecule has 0 bridgehead atoms. The van der Waals surface area contributed by atoms with Crippen LogP contribution < -0.4 is 0 Å². The van der Waals surface area contributed by atoms with Gasteiger partial charge >= 0.3 is 27.1 Å². The van der Waals surface area contributed by atoms with Crippen LogP contribution in [0.3, 0.4) is 0 Å². The standard InChI is InChI=1S/C6H12O10P2.C2H5Cl/c1-15-4(7)3-6(5(8)16-2,17(9,10)11)18(12,13)14;1-2-3/h3H2,1-2H3,(H2,9,10,11)(H2,12,13,14);2H2,1H3. The zero-order valence-corrected chi connectivity index (χ0v) is 14.0. The van der Waals surface area contributed by atoms with E-state index in [0.29, 0.717) is 7.11 Å². The van der Waals surface area contributed by atoms with Gasteiger partial charge in [-0.15, -0.1) is 11.6 Å². The fourth-order valence-electron chi connectivity index (χ4n) is 1.12. The van der Waals surface area contributed by atoms with Crippen molar-refractivity contribution >= 4 is 38.7 Å². The van der Waals surface area contributed by atoms with Crippen molar-refractivity contribution in [3.63, 3.8) is 0 Å². The summed E-state index contributed by atoms with van der Waals surface area (Å²) >= 11 is 5.00. The summed E-state index contributed by atoms with van der Waals surface area (Å²) in [6.45, 7) is 1.89. The van der Waals surface area contributed by atoms with Gasteiger partial charge in [-0.25, -0.2) is 0 Å². The van der Waals surface area contributed by atoms with E-state index in [1.165, 1.54) is 0 Å². The van der Waals surface area contributed by atoms with Gasteiger partial charge in [0, 0.05) is 5.88 Å². The molecule has 0 unspecified atom stereocenters. The summed E-state index contributed by atoms with van der Waals surface area (Å²) in [5.41, 5.74) is 0. The average Bonchev–Trinajstić information content (AvgIpc) is 2.32. The molecule has 0 saturated heterocycles. The maximum Gasteiger partial charge on any atom is 0.355 e. The van der Waals surface area contributed by atoms with E-state index in [9.17, 15) is 18.7 Å². The van der Waals surface area contributed by atoms with E-state index >= 15 is 0 Å². The highest BCUT2D eigenvalue weighted by molar-refractivity contribution is 7.74. The summed E-state index contributed by atoms with van der Waals surface area (Å²) in [7, 11) is -9.92. The summed E-state index contributed by atoms with van der Waals surface area (Å²) in [6, 6.07) is 0. The van der Waals surface area contributed by atoms with Crippen molar-refractivity contribution in [3.8, 4) is 0 Å². The van der Waals surface area contributed by atoms with Crippen molar-refractivity contribution in [2.45, 2.75) is 18.2 Å². The minimum absolute atomic E-state index is 0.666. The molecule has 0 heterocycles. The third-order valence-electron chi connectivity index (χ3n) is 2.09. The van der Waals surface area contributed by atoms with E-state index in [2.05, 4.69) is 9.47 Å². The van der Waals surface area contributed by atoms with Crippen molar-refractivity contribution < 1.29 is 47.8 Å². The van der Waals surface area contributed by atoms with Crippen LogP contribution in [0.4, 0.5) is 0 Å². The molecule has 0 spiro atoms. The average molecular weight is 371 g/mol. The quantitative estimate of drug-likeness (QED) is 0.294. The van der Waals surface area contributed by atoms with Crippen LogP contribution in [0, 0.1) is 0 Å². The van der Waals surface area contributed by atoms with Gasteiger partial charge in [-0.3, -0.25) is 18.7 Å². The number of hydrogen-bond donors (Lipinski definition) is 4. The van der Waals surface area contributed by atoms with E-state index in [1.807, 2.05) is 6.92 Å². The molecule has 0 aromatic rings. The molecule has 0 aromatic carbocycles. The number of carbonyl (C=O) groups excluding carboxylic acids is 2. The first-order valence-electron chi connectivity index (χ1n) is 5.18. The molecule has 0 radical (unpaired) electrons. The summed E-state index contributed by atoms with van der Waals surface area (Å²) in [5.74, 6) is -2.55. The first kappa shape index (κ1) is 22.8. The van der Waals surface area contributed by atoms with Crippen LogP contribution in [0.25, 0.3) is 0 Å². The van der Waals surface area contributed by atoms with Crippen LogP contribution >= 0.6 is 26.8 Å². The van der Waals surface area contributed by atoms with Gasteiger partial charge in [0.15, 0.2) is 0 Å². The maximum atomic E-state index is 11.4. The van der Waals surface area contributed by atoms with E-state index in [4.69, 9.17) is 31.2 Å². The van der Waals surface area contributed by atoms with Gasteiger partial charge in [0.05, 0.1) is 20.6 Å². The van der Waals surface area contributed by atoms with Gasteiger partial charge in [0.2, 0.25) is 0 Å². The van der Waals surface area contributed by atoms with Crippen molar-refractivity contribution in [1.82, 2.24) is 0 Å². The van der Waals surface area contributed by atoms with Gasteiger partial charge in [0.25, 0.3) is 4.90 Å². The summed E-state index contributed by atoms with van der Waals surface area (Å²) in [6.07, 6.45) is -1.51. The van der Waals surface area contributed by atoms with Crippen LogP contribution in [0.2, 0.25) is 0 Å². The molecular formula is C8H17ClO10P2. The Kier molecular flexibility index (Phi) is 9.61. The molecular weight excluding hydrogens is 353 g/mol. The summed E-state index contributed by atoms with van der Waals surface area (Å²) in [5, 5.41) is 0. The van der Waals surface area contributed by atoms with E-state index in [-0.39, 0.29) is 0 Å². The van der Waals surface area contributed by atoms with Gasteiger partial charge in [-0.2, -0.15) is 0 Å². The first-order chi connectivity index (χ1) is 9.35. The Morgan fingerprint density at radius 3 is 1.57 bits per heavy atom. The number of alkyl halides is 1. The lowest BCUT2D eigenvalue weighted by molar-refractivity contribution is -0.148. The monoisotopic (exact) mass is 370 g/mol. The molecule has 0 amide bonds. The third-order valence-corrected chi connectivity index (χ3v) is 6.27.